The number of carboxylic acid groups (broad SMARTS) is 1. The van der Waals surface area contributed by atoms with Crippen LogP contribution in [0.1, 0.15) is 16.1 Å². The monoisotopic (exact) mass is 374 g/mol. The van der Waals surface area contributed by atoms with Gasteiger partial charge in [0, 0.05) is 6.20 Å². The molecule has 1 aromatic heterocycles. The molecule has 27 heavy (non-hydrogen) atoms. The zero-order valence-electron chi connectivity index (χ0n) is 13.8. The van der Waals surface area contributed by atoms with Crippen molar-refractivity contribution in [2.75, 3.05) is 6.61 Å². The Bertz CT molecular complexity index is 1020. The SMILES string of the molecule is O=C(O)c1cn2c(n1)-c1cc(-c3ccc(C(F)(F)F)cc3)ccc1OCC2. The van der Waals surface area contributed by atoms with Crippen molar-refractivity contribution in [1.29, 1.82) is 0 Å². The predicted octanol–water partition coefficient (Wildman–Crippen LogP) is 4.33. The van der Waals surface area contributed by atoms with Gasteiger partial charge in [0.05, 0.1) is 17.7 Å². The molecule has 0 unspecified atom stereocenters. The summed E-state index contributed by atoms with van der Waals surface area (Å²) in [5.41, 5.74) is 1.09. The normalized spacial score (nSPS) is 13.3. The molecule has 0 amide bonds. The van der Waals surface area contributed by atoms with Gasteiger partial charge in [-0.15, -0.1) is 0 Å². The average Bonchev–Trinajstić information content (AvgIpc) is 2.98. The number of fused-ring (bicyclic) bond motifs is 3. The fourth-order valence-electron chi connectivity index (χ4n) is 3.02. The molecule has 1 aliphatic rings. The van der Waals surface area contributed by atoms with Gasteiger partial charge in [-0.1, -0.05) is 18.2 Å². The highest BCUT2D eigenvalue weighted by molar-refractivity contribution is 5.86. The maximum absolute atomic E-state index is 12.7. The minimum Gasteiger partial charge on any atom is -0.491 e. The van der Waals surface area contributed by atoms with Gasteiger partial charge in [0.1, 0.15) is 18.2 Å². The lowest BCUT2D eigenvalue weighted by molar-refractivity contribution is -0.137. The van der Waals surface area contributed by atoms with E-state index in [1.807, 2.05) is 0 Å². The fraction of sp³-hybridized carbons (Fsp3) is 0.158. The summed E-state index contributed by atoms with van der Waals surface area (Å²) in [7, 11) is 0. The Balaban J connectivity index is 1.79. The van der Waals surface area contributed by atoms with E-state index in [4.69, 9.17) is 4.74 Å². The second-order valence-corrected chi connectivity index (χ2v) is 6.08. The zero-order chi connectivity index (χ0) is 19.2. The third kappa shape index (κ3) is 3.14. The van der Waals surface area contributed by atoms with Crippen LogP contribution in [0.25, 0.3) is 22.5 Å². The van der Waals surface area contributed by atoms with E-state index in [0.717, 1.165) is 12.1 Å². The first-order valence-corrected chi connectivity index (χ1v) is 8.08. The molecule has 0 fully saturated rings. The van der Waals surface area contributed by atoms with Crippen molar-refractivity contribution in [2.24, 2.45) is 0 Å². The maximum Gasteiger partial charge on any atom is 0.416 e. The molecular formula is C19H13F3N2O3. The lowest BCUT2D eigenvalue weighted by atomic mass is 10.0. The van der Waals surface area contributed by atoms with E-state index in [2.05, 4.69) is 4.98 Å². The van der Waals surface area contributed by atoms with E-state index in [1.165, 1.54) is 18.3 Å². The lowest BCUT2D eigenvalue weighted by Gasteiger charge is -2.11. The van der Waals surface area contributed by atoms with Crippen molar-refractivity contribution in [3.8, 4) is 28.3 Å². The third-order valence-corrected chi connectivity index (χ3v) is 4.35. The first-order valence-electron chi connectivity index (χ1n) is 8.08. The number of hydrogen-bond donors (Lipinski definition) is 1. The summed E-state index contributed by atoms with van der Waals surface area (Å²) in [5.74, 6) is -0.127. The van der Waals surface area contributed by atoms with Crippen molar-refractivity contribution in [3.63, 3.8) is 0 Å². The summed E-state index contributed by atoms with van der Waals surface area (Å²) in [6.45, 7) is 0.801. The quantitative estimate of drug-likeness (QED) is 0.725. The van der Waals surface area contributed by atoms with Crippen LogP contribution < -0.4 is 4.74 Å². The highest BCUT2D eigenvalue weighted by Gasteiger charge is 2.30. The highest BCUT2D eigenvalue weighted by Crippen LogP contribution is 2.36. The third-order valence-electron chi connectivity index (χ3n) is 4.35. The van der Waals surface area contributed by atoms with Crippen LogP contribution in [0.15, 0.2) is 48.7 Å². The van der Waals surface area contributed by atoms with E-state index in [9.17, 15) is 23.1 Å². The smallest absolute Gasteiger partial charge is 0.416 e. The number of ether oxygens (including phenoxy) is 1. The largest absolute Gasteiger partial charge is 0.491 e. The zero-order valence-corrected chi connectivity index (χ0v) is 13.8. The second kappa shape index (κ2) is 6.15. The number of alkyl halides is 3. The topological polar surface area (TPSA) is 64.3 Å². The molecule has 0 radical (unpaired) electrons. The first-order chi connectivity index (χ1) is 12.8. The van der Waals surface area contributed by atoms with Gasteiger partial charge < -0.3 is 14.4 Å². The minimum atomic E-state index is -4.39. The van der Waals surface area contributed by atoms with Gasteiger partial charge in [0.15, 0.2) is 5.69 Å². The van der Waals surface area contributed by atoms with Gasteiger partial charge in [-0.25, -0.2) is 9.78 Å². The van der Waals surface area contributed by atoms with Crippen LogP contribution in [0.4, 0.5) is 13.2 Å². The van der Waals surface area contributed by atoms with Gasteiger partial charge in [-0.05, 0) is 35.4 Å². The molecule has 138 valence electrons. The van der Waals surface area contributed by atoms with Crippen molar-refractivity contribution in [3.05, 3.63) is 59.9 Å². The molecule has 0 atom stereocenters. The summed E-state index contributed by atoms with van der Waals surface area (Å²) in [4.78, 5) is 15.4. The Labute approximate surface area is 151 Å². The molecule has 0 aliphatic carbocycles. The highest BCUT2D eigenvalue weighted by atomic mass is 19.4. The summed E-state index contributed by atoms with van der Waals surface area (Å²) < 4.78 is 45.6. The Morgan fingerprint density at radius 3 is 2.48 bits per heavy atom. The van der Waals surface area contributed by atoms with Crippen LogP contribution in [0.2, 0.25) is 0 Å². The van der Waals surface area contributed by atoms with E-state index in [-0.39, 0.29) is 5.69 Å². The van der Waals surface area contributed by atoms with Crippen LogP contribution in [0.3, 0.4) is 0 Å². The van der Waals surface area contributed by atoms with Gasteiger partial charge in [0.2, 0.25) is 0 Å². The molecule has 2 aromatic carbocycles. The van der Waals surface area contributed by atoms with Crippen LogP contribution in [0.5, 0.6) is 5.75 Å². The van der Waals surface area contributed by atoms with Gasteiger partial charge in [-0.2, -0.15) is 13.2 Å². The van der Waals surface area contributed by atoms with E-state index in [0.29, 0.717) is 41.4 Å². The summed E-state index contributed by atoms with van der Waals surface area (Å²) in [6.07, 6.45) is -2.95. The predicted molar refractivity (Wildman–Crippen MR) is 90.6 cm³/mol. The molecular weight excluding hydrogens is 361 g/mol. The van der Waals surface area contributed by atoms with E-state index in [1.54, 1.807) is 22.8 Å². The average molecular weight is 374 g/mol. The fourth-order valence-corrected chi connectivity index (χ4v) is 3.02. The van der Waals surface area contributed by atoms with Crippen LogP contribution >= 0.6 is 0 Å². The van der Waals surface area contributed by atoms with Gasteiger partial charge in [-0.3, -0.25) is 0 Å². The molecule has 1 N–H and O–H groups in total. The molecule has 2 heterocycles. The number of rotatable bonds is 2. The number of carbonyl (C=O) groups is 1. The number of nitrogens with zero attached hydrogens (tertiary/aromatic N) is 2. The van der Waals surface area contributed by atoms with Gasteiger partial charge >= 0.3 is 12.1 Å². The molecule has 0 saturated carbocycles. The molecule has 4 rings (SSSR count). The first kappa shape index (κ1) is 17.1. The number of aromatic carboxylic acids is 1. The van der Waals surface area contributed by atoms with Crippen LogP contribution in [0, 0.1) is 0 Å². The van der Waals surface area contributed by atoms with Crippen molar-refractivity contribution >= 4 is 5.97 Å². The summed E-state index contributed by atoms with van der Waals surface area (Å²) in [6, 6.07) is 10.1. The van der Waals surface area contributed by atoms with Crippen LogP contribution in [-0.4, -0.2) is 27.2 Å². The molecule has 0 saturated heterocycles. The number of imidazole rings is 1. The summed E-state index contributed by atoms with van der Waals surface area (Å²) in [5, 5.41) is 9.18. The van der Waals surface area contributed by atoms with E-state index < -0.39 is 17.7 Å². The number of benzene rings is 2. The number of halogens is 3. The Morgan fingerprint density at radius 1 is 1.11 bits per heavy atom. The Kier molecular flexibility index (Phi) is 3.91. The lowest BCUT2D eigenvalue weighted by Crippen LogP contribution is -2.04. The standard InChI is InChI=1S/C19H13F3N2O3/c20-19(21,22)13-4-1-11(2-5-13)12-3-6-16-14(9-12)17-23-15(18(25)26)10-24(17)7-8-27-16/h1-6,9-10H,7-8H2,(H,25,26). The second-order valence-electron chi connectivity index (χ2n) is 6.08. The summed E-state index contributed by atoms with van der Waals surface area (Å²) >= 11 is 0. The minimum absolute atomic E-state index is 0.0715. The molecule has 8 heteroatoms. The van der Waals surface area contributed by atoms with E-state index >= 15 is 0 Å². The van der Waals surface area contributed by atoms with Crippen molar-refractivity contribution in [2.45, 2.75) is 12.7 Å². The molecule has 3 aromatic rings. The Morgan fingerprint density at radius 2 is 1.81 bits per heavy atom. The number of hydrogen-bond acceptors (Lipinski definition) is 3. The molecule has 5 nitrogen and oxygen atoms in total. The van der Waals surface area contributed by atoms with Crippen molar-refractivity contribution < 1.29 is 27.8 Å². The number of aromatic nitrogens is 2. The molecule has 1 aliphatic heterocycles. The van der Waals surface area contributed by atoms with Crippen molar-refractivity contribution in [1.82, 2.24) is 9.55 Å². The molecule has 0 bridgehead atoms. The molecule has 0 spiro atoms. The van der Waals surface area contributed by atoms with Gasteiger partial charge in [0.25, 0.3) is 0 Å². The van der Waals surface area contributed by atoms with Crippen LogP contribution in [-0.2, 0) is 12.7 Å². The number of carboxylic acids is 1. The maximum atomic E-state index is 12.7. The Hall–Kier alpha value is -3.29.